The molecule has 1 aromatic rings. The third-order valence-corrected chi connectivity index (χ3v) is 6.72. The van der Waals surface area contributed by atoms with E-state index in [0.717, 1.165) is 30.0 Å². The molecule has 0 spiro atoms. The summed E-state index contributed by atoms with van der Waals surface area (Å²) in [6, 6.07) is 7.38. The van der Waals surface area contributed by atoms with Gasteiger partial charge in [-0.1, -0.05) is 22.9 Å². The maximum atomic E-state index is 12.0. The van der Waals surface area contributed by atoms with Gasteiger partial charge in [-0.3, -0.25) is 0 Å². The Morgan fingerprint density at radius 3 is 2.30 bits per heavy atom. The van der Waals surface area contributed by atoms with Crippen LogP contribution in [0.5, 0.6) is 0 Å². The van der Waals surface area contributed by atoms with Gasteiger partial charge in [-0.05, 0) is 49.4 Å². The summed E-state index contributed by atoms with van der Waals surface area (Å²) in [5.74, 6) is 0.999. The SMILES string of the molecule is CCCS(=O)(=O)c1ccc(N2CCC(CBr)CC2)cc1. The molecule has 0 saturated carbocycles. The van der Waals surface area contributed by atoms with Gasteiger partial charge in [0, 0.05) is 24.1 Å². The van der Waals surface area contributed by atoms with Gasteiger partial charge in [0.1, 0.15) is 0 Å². The van der Waals surface area contributed by atoms with Crippen LogP contribution in [0, 0.1) is 5.92 Å². The smallest absolute Gasteiger partial charge is 0.178 e. The molecule has 0 radical (unpaired) electrons. The molecule has 1 heterocycles. The van der Waals surface area contributed by atoms with Gasteiger partial charge in [0.2, 0.25) is 0 Å². The largest absolute Gasteiger partial charge is 0.372 e. The summed E-state index contributed by atoms with van der Waals surface area (Å²) in [7, 11) is -3.10. The zero-order valence-corrected chi connectivity index (χ0v) is 14.3. The summed E-state index contributed by atoms with van der Waals surface area (Å²) in [5.41, 5.74) is 1.13. The molecule has 0 aromatic heterocycles. The molecule has 0 amide bonds. The van der Waals surface area contributed by atoms with Crippen molar-refractivity contribution in [2.45, 2.75) is 31.1 Å². The van der Waals surface area contributed by atoms with Crippen molar-refractivity contribution >= 4 is 31.5 Å². The molecule has 3 nitrogen and oxygen atoms in total. The predicted molar refractivity (Wildman–Crippen MR) is 87.5 cm³/mol. The average Bonchev–Trinajstić information content (AvgIpc) is 2.47. The molecular formula is C15H22BrNO2S. The minimum atomic E-state index is -3.10. The highest BCUT2D eigenvalue weighted by atomic mass is 79.9. The van der Waals surface area contributed by atoms with E-state index in [1.54, 1.807) is 12.1 Å². The Balaban J connectivity index is 2.06. The molecule has 112 valence electrons. The number of hydrogen-bond donors (Lipinski definition) is 0. The number of sulfone groups is 1. The maximum absolute atomic E-state index is 12.0. The second kappa shape index (κ2) is 6.94. The summed E-state index contributed by atoms with van der Waals surface area (Å²) in [5, 5.41) is 1.08. The Labute approximate surface area is 130 Å². The lowest BCUT2D eigenvalue weighted by Crippen LogP contribution is -2.34. The highest BCUT2D eigenvalue weighted by molar-refractivity contribution is 9.09. The van der Waals surface area contributed by atoms with E-state index < -0.39 is 9.84 Å². The van der Waals surface area contributed by atoms with Crippen LogP contribution in [-0.2, 0) is 9.84 Å². The van der Waals surface area contributed by atoms with E-state index in [4.69, 9.17) is 0 Å². The number of anilines is 1. The summed E-state index contributed by atoms with van der Waals surface area (Å²) < 4.78 is 24.0. The Bertz CT molecular complexity index is 519. The molecule has 0 aliphatic carbocycles. The minimum absolute atomic E-state index is 0.225. The van der Waals surface area contributed by atoms with Crippen LogP contribution in [0.4, 0.5) is 5.69 Å². The van der Waals surface area contributed by atoms with Crippen LogP contribution in [-0.4, -0.2) is 32.6 Å². The van der Waals surface area contributed by atoms with E-state index in [2.05, 4.69) is 20.8 Å². The van der Waals surface area contributed by atoms with Gasteiger partial charge < -0.3 is 4.90 Å². The highest BCUT2D eigenvalue weighted by Gasteiger charge is 2.19. The van der Waals surface area contributed by atoms with Crippen molar-refractivity contribution in [3.63, 3.8) is 0 Å². The molecule has 1 fully saturated rings. The van der Waals surface area contributed by atoms with E-state index in [1.165, 1.54) is 12.8 Å². The number of benzene rings is 1. The molecule has 5 heteroatoms. The monoisotopic (exact) mass is 359 g/mol. The molecule has 0 unspecified atom stereocenters. The lowest BCUT2D eigenvalue weighted by molar-refractivity contribution is 0.447. The molecule has 20 heavy (non-hydrogen) atoms. The van der Waals surface area contributed by atoms with E-state index >= 15 is 0 Å². The van der Waals surface area contributed by atoms with Crippen LogP contribution in [0.15, 0.2) is 29.2 Å². The van der Waals surface area contributed by atoms with Gasteiger partial charge in [-0.2, -0.15) is 0 Å². The second-order valence-corrected chi connectivity index (χ2v) is 8.15. The third kappa shape index (κ3) is 3.76. The summed E-state index contributed by atoms with van der Waals surface area (Å²) >= 11 is 3.55. The van der Waals surface area contributed by atoms with Gasteiger partial charge in [0.15, 0.2) is 9.84 Å². The van der Waals surface area contributed by atoms with Crippen molar-refractivity contribution in [3.8, 4) is 0 Å². The molecule has 1 aliphatic heterocycles. The number of rotatable bonds is 5. The number of piperidine rings is 1. The predicted octanol–water partition coefficient (Wildman–Crippen LogP) is 3.48. The molecule has 1 aromatic carbocycles. The zero-order chi connectivity index (χ0) is 14.6. The molecule has 0 bridgehead atoms. The molecule has 1 aliphatic rings. The van der Waals surface area contributed by atoms with Crippen molar-refractivity contribution in [1.82, 2.24) is 0 Å². The summed E-state index contributed by atoms with van der Waals surface area (Å²) in [4.78, 5) is 2.79. The van der Waals surface area contributed by atoms with E-state index in [9.17, 15) is 8.42 Å². The first kappa shape index (κ1) is 15.8. The lowest BCUT2D eigenvalue weighted by Gasteiger charge is -2.33. The van der Waals surface area contributed by atoms with Crippen LogP contribution in [0.3, 0.4) is 0 Å². The zero-order valence-electron chi connectivity index (χ0n) is 11.9. The highest BCUT2D eigenvalue weighted by Crippen LogP contribution is 2.25. The molecule has 0 atom stereocenters. The maximum Gasteiger partial charge on any atom is 0.178 e. The molecule has 0 N–H and O–H groups in total. The van der Waals surface area contributed by atoms with Crippen LogP contribution in [0.2, 0.25) is 0 Å². The van der Waals surface area contributed by atoms with Crippen LogP contribution >= 0.6 is 15.9 Å². The van der Waals surface area contributed by atoms with E-state index in [-0.39, 0.29) is 5.75 Å². The number of nitrogens with zero attached hydrogens (tertiary/aromatic N) is 1. The number of hydrogen-bond acceptors (Lipinski definition) is 3. The number of alkyl halides is 1. The van der Waals surface area contributed by atoms with Crippen molar-refractivity contribution in [2.75, 3.05) is 29.1 Å². The first-order valence-corrected chi connectivity index (χ1v) is 9.98. The molecule has 2 rings (SSSR count). The summed E-state index contributed by atoms with van der Waals surface area (Å²) in [6.07, 6.45) is 3.05. The normalized spacial score (nSPS) is 17.4. The summed E-state index contributed by atoms with van der Waals surface area (Å²) in [6.45, 7) is 3.99. The van der Waals surface area contributed by atoms with Gasteiger partial charge in [0.05, 0.1) is 10.6 Å². The van der Waals surface area contributed by atoms with Crippen LogP contribution in [0.25, 0.3) is 0 Å². The fourth-order valence-corrected chi connectivity index (χ4v) is 4.57. The van der Waals surface area contributed by atoms with Crippen LogP contribution in [0.1, 0.15) is 26.2 Å². The van der Waals surface area contributed by atoms with E-state index in [0.29, 0.717) is 11.3 Å². The van der Waals surface area contributed by atoms with Crippen LogP contribution < -0.4 is 4.90 Å². The Morgan fingerprint density at radius 2 is 1.80 bits per heavy atom. The van der Waals surface area contributed by atoms with Crippen molar-refractivity contribution < 1.29 is 8.42 Å². The fourth-order valence-electron chi connectivity index (χ4n) is 2.60. The quantitative estimate of drug-likeness (QED) is 0.755. The lowest BCUT2D eigenvalue weighted by atomic mass is 9.99. The molecular weight excluding hydrogens is 338 g/mol. The van der Waals surface area contributed by atoms with Crippen molar-refractivity contribution in [1.29, 1.82) is 0 Å². The first-order chi connectivity index (χ1) is 9.56. The second-order valence-electron chi connectivity index (χ2n) is 5.40. The standard InChI is InChI=1S/C15H22BrNO2S/c1-2-11-20(18,19)15-5-3-14(4-6-15)17-9-7-13(12-16)8-10-17/h3-6,13H,2,7-12H2,1H3. The van der Waals surface area contributed by atoms with Gasteiger partial charge in [-0.25, -0.2) is 8.42 Å². The van der Waals surface area contributed by atoms with Crippen molar-refractivity contribution in [3.05, 3.63) is 24.3 Å². The fraction of sp³-hybridized carbons (Fsp3) is 0.600. The topological polar surface area (TPSA) is 37.4 Å². The molecule has 1 saturated heterocycles. The minimum Gasteiger partial charge on any atom is -0.372 e. The Morgan fingerprint density at radius 1 is 1.20 bits per heavy atom. The van der Waals surface area contributed by atoms with Gasteiger partial charge >= 0.3 is 0 Å². The number of halogens is 1. The average molecular weight is 360 g/mol. The van der Waals surface area contributed by atoms with Gasteiger partial charge in [-0.15, -0.1) is 0 Å². The van der Waals surface area contributed by atoms with E-state index in [1.807, 2.05) is 19.1 Å². The first-order valence-electron chi connectivity index (χ1n) is 7.20. The Kier molecular flexibility index (Phi) is 5.49. The van der Waals surface area contributed by atoms with Crippen molar-refractivity contribution in [2.24, 2.45) is 5.92 Å². The Hall–Kier alpha value is -0.550. The van der Waals surface area contributed by atoms with Gasteiger partial charge in [0.25, 0.3) is 0 Å². The third-order valence-electron chi connectivity index (χ3n) is 3.87.